The summed E-state index contributed by atoms with van der Waals surface area (Å²) in [7, 11) is 3.18. The van der Waals surface area contributed by atoms with E-state index in [0.29, 0.717) is 48.2 Å². The molecule has 8 heteroatoms. The minimum absolute atomic E-state index is 0.0127. The lowest BCUT2D eigenvalue weighted by Crippen LogP contribution is -2.30. The van der Waals surface area contributed by atoms with Gasteiger partial charge in [-0.25, -0.2) is 0 Å². The average Bonchev–Trinajstić information content (AvgIpc) is 3.38. The Morgan fingerprint density at radius 3 is 2.70 bits per heavy atom. The highest BCUT2D eigenvalue weighted by Crippen LogP contribution is 2.34. The van der Waals surface area contributed by atoms with Crippen molar-refractivity contribution in [2.45, 2.75) is 12.8 Å². The molecule has 1 atom stereocenters. The minimum atomic E-state index is -0.381. The van der Waals surface area contributed by atoms with Gasteiger partial charge in [-0.15, -0.1) is 0 Å². The topological polar surface area (TPSA) is 86.3 Å². The predicted octanol–water partition coefficient (Wildman–Crippen LogP) is 2.46. The molecule has 0 unspecified atom stereocenters. The second-order valence-corrected chi connectivity index (χ2v) is 7.24. The van der Waals surface area contributed by atoms with Crippen LogP contribution in [0.25, 0.3) is 0 Å². The van der Waals surface area contributed by atoms with E-state index in [2.05, 4.69) is 5.32 Å². The SMILES string of the molecule is COc1ccc(CCN2C[C@@H](C(=O)Nc3ccc4c(c3)OCO4)CC2=O)cc1OC. The second kappa shape index (κ2) is 8.52. The van der Waals surface area contributed by atoms with Crippen LogP contribution in [0, 0.1) is 5.92 Å². The van der Waals surface area contributed by atoms with Gasteiger partial charge in [0.15, 0.2) is 23.0 Å². The molecule has 8 nitrogen and oxygen atoms in total. The summed E-state index contributed by atoms with van der Waals surface area (Å²) < 4.78 is 21.2. The molecule has 0 saturated carbocycles. The Hall–Kier alpha value is -3.42. The molecule has 0 bridgehead atoms. The molecule has 2 aromatic carbocycles. The van der Waals surface area contributed by atoms with Crippen molar-refractivity contribution in [2.24, 2.45) is 5.92 Å². The molecule has 2 aliphatic heterocycles. The number of ether oxygens (including phenoxy) is 4. The van der Waals surface area contributed by atoms with E-state index in [9.17, 15) is 9.59 Å². The van der Waals surface area contributed by atoms with Crippen LogP contribution in [-0.2, 0) is 16.0 Å². The Balaban J connectivity index is 1.33. The molecular formula is C22H24N2O6. The Morgan fingerprint density at radius 2 is 1.90 bits per heavy atom. The molecule has 0 aromatic heterocycles. The van der Waals surface area contributed by atoms with E-state index >= 15 is 0 Å². The number of likely N-dealkylation sites (tertiary alicyclic amines) is 1. The van der Waals surface area contributed by atoms with Gasteiger partial charge in [0.05, 0.1) is 20.1 Å². The number of benzene rings is 2. The zero-order valence-electron chi connectivity index (χ0n) is 17.0. The quantitative estimate of drug-likeness (QED) is 0.752. The van der Waals surface area contributed by atoms with Gasteiger partial charge in [-0.1, -0.05) is 6.07 Å². The van der Waals surface area contributed by atoms with Gasteiger partial charge < -0.3 is 29.2 Å². The van der Waals surface area contributed by atoms with E-state index in [4.69, 9.17) is 18.9 Å². The molecular weight excluding hydrogens is 388 g/mol. The van der Waals surface area contributed by atoms with Crippen molar-refractivity contribution in [3.63, 3.8) is 0 Å². The van der Waals surface area contributed by atoms with E-state index in [1.807, 2.05) is 18.2 Å². The van der Waals surface area contributed by atoms with Gasteiger partial charge in [0.25, 0.3) is 0 Å². The Kier molecular flexibility index (Phi) is 5.65. The first kappa shape index (κ1) is 19.9. The molecule has 30 heavy (non-hydrogen) atoms. The van der Waals surface area contributed by atoms with Crippen molar-refractivity contribution in [2.75, 3.05) is 39.4 Å². The smallest absolute Gasteiger partial charge is 0.231 e. The van der Waals surface area contributed by atoms with Crippen molar-refractivity contribution in [3.8, 4) is 23.0 Å². The van der Waals surface area contributed by atoms with Gasteiger partial charge in [-0.05, 0) is 36.2 Å². The average molecular weight is 412 g/mol. The van der Waals surface area contributed by atoms with E-state index in [1.165, 1.54) is 0 Å². The molecule has 1 saturated heterocycles. The van der Waals surface area contributed by atoms with Crippen molar-refractivity contribution in [1.29, 1.82) is 0 Å². The van der Waals surface area contributed by atoms with Crippen LogP contribution in [0.3, 0.4) is 0 Å². The largest absolute Gasteiger partial charge is 0.493 e. The number of hydrogen-bond acceptors (Lipinski definition) is 6. The molecule has 0 radical (unpaired) electrons. The highest BCUT2D eigenvalue weighted by Gasteiger charge is 2.34. The Morgan fingerprint density at radius 1 is 1.10 bits per heavy atom. The summed E-state index contributed by atoms with van der Waals surface area (Å²) in [6, 6.07) is 11.0. The number of nitrogens with one attached hydrogen (secondary N) is 1. The summed E-state index contributed by atoms with van der Waals surface area (Å²) >= 11 is 0. The van der Waals surface area contributed by atoms with E-state index < -0.39 is 0 Å². The normalized spacial score (nSPS) is 17.2. The lowest BCUT2D eigenvalue weighted by Gasteiger charge is -2.17. The summed E-state index contributed by atoms with van der Waals surface area (Å²) in [5.74, 6) is 2.02. The zero-order valence-corrected chi connectivity index (χ0v) is 17.0. The number of nitrogens with zero attached hydrogens (tertiary/aromatic N) is 1. The first-order valence-corrected chi connectivity index (χ1v) is 9.76. The van der Waals surface area contributed by atoms with Crippen molar-refractivity contribution in [1.82, 2.24) is 4.90 Å². The molecule has 0 spiro atoms. The van der Waals surface area contributed by atoms with E-state index in [1.54, 1.807) is 37.3 Å². The number of rotatable bonds is 7. The molecule has 1 N–H and O–H groups in total. The summed E-state index contributed by atoms with van der Waals surface area (Å²) in [5.41, 5.74) is 1.66. The number of fused-ring (bicyclic) bond motifs is 1. The third kappa shape index (κ3) is 4.12. The van der Waals surface area contributed by atoms with Crippen LogP contribution >= 0.6 is 0 Å². The van der Waals surface area contributed by atoms with Crippen LogP contribution in [-0.4, -0.2) is 50.8 Å². The summed E-state index contributed by atoms with van der Waals surface area (Å²) in [6.45, 7) is 1.13. The zero-order chi connectivity index (χ0) is 21.1. The molecule has 2 heterocycles. The first-order chi connectivity index (χ1) is 14.6. The maximum atomic E-state index is 12.6. The van der Waals surface area contributed by atoms with Crippen LogP contribution in [0.1, 0.15) is 12.0 Å². The molecule has 1 fully saturated rings. The predicted molar refractivity (Wildman–Crippen MR) is 109 cm³/mol. The first-order valence-electron chi connectivity index (χ1n) is 9.76. The summed E-state index contributed by atoms with van der Waals surface area (Å²) in [6.07, 6.45) is 0.880. The molecule has 2 amide bonds. The molecule has 4 rings (SSSR count). The van der Waals surface area contributed by atoms with Gasteiger partial charge in [-0.3, -0.25) is 9.59 Å². The monoisotopic (exact) mass is 412 g/mol. The van der Waals surface area contributed by atoms with Gasteiger partial charge in [-0.2, -0.15) is 0 Å². The van der Waals surface area contributed by atoms with Crippen LogP contribution < -0.4 is 24.3 Å². The number of methoxy groups -OCH3 is 2. The summed E-state index contributed by atoms with van der Waals surface area (Å²) in [4.78, 5) is 26.8. The maximum absolute atomic E-state index is 12.6. The van der Waals surface area contributed by atoms with Crippen molar-refractivity contribution in [3.05, 3.63) is 42.0 Å². The number of carbonyl (C=O) groups is 2. The van der Waals surface area contributed by atoms with Crippen molar-refractivity contribution >= 4 is 17.5 Å². The van der Waals surface area contributed by atoms with E-state index in [-0.39, 0.29) is 30.9 Å². The Bertz CT molecular complexity index is 961. The molecule has 158 valence electrons. The van der Waals surface area contributed by atoms with Gasteiger partial charge in [0.1, 0.15) is 0 Å². The highest BCUT2D eigenvalue weighted by molar-refractivity contribution is 5.97. The number of hydrogen-bond donors (Lipinski definition) is 1. The minimum Gasteiger partial charge on any atom is -0.493 e. The number of anilines is 1. The molecule has 0 aliphatic carbocycles. The lowest BCUT2D eigenvalue weighted by atomic mass is 10.1. The molecule has 2 aliphatic rings. The fourth-order valence-corrected chi connectivity index (χ4v) is 3.68. The van der Waals surface area contributed by atoms with Crippen LogP contribution in [0.5, 0.6) is 23.0 Å². The highest BCUT2D eigenvalue weighted by atomic mass is 16.7. The van der Waals surface area contributed by atoms with Gasteiger partial charge >= 0.3 is 0 Å². The maximum Gasteiger partial charge on any atom is 0.231 e. The summed E-state index contributed by atoms with van der Waals surface area (Å²) in [5, 5.41) is 2.87. The third-order valence-electron chi connectivity index (χ3n) is 5.34. The van der Waals surface area contributed by atoms with Gasteiger partial charge in [0, 0.05) is 31.3 Å². The lowest BCUT2D eigenvalue weighted by molar-refractivity contribution is -0.128. The third-order valence-corrected chi connectivity index (χ3v) is 5.34. The van der Waals surface area contributed by atoms with E-state index in [0.717, 1.165) is 5.56 Å². The van der Waals surface area contributed by atoms with Crippen LogP contribution in [0.2, 0.25) is 0 Å². The molecule has 2 aromatic rings. The number of amides is 2. The van der Waals surface area contributed by atoms with Crippen molar-refractivity contribution < 1.29 is 28.5 Å². The van der Waals surface area contributed by atoms with Crippen LogP contribution in [0.15, 0.2) is 36.4 Å². The fourth-order valence-electron chi connectivity index (χ4n) is 3.68. The fraction of sp³-hybridized carbons (Fsp3) is 0.364. The van der Waals surface area contributed by atoms with Crippen LogP contribution in [0.4, 0.5) is 5.69 Å². The standard InChI is InChI=1S/C22H24N2O6/c1-27-17-5-3-14(9-19(17)28-2)7-8-24-12-15(10-21(24)25)22(26)23-16-4-6-18-20(11-16)30-13-29-18/h3-6,9,11,15H,7-8,10,12-13H2,1-2H3,(H,23,26)/t15-/m0/s1. The van der Waals surface area contributed by atoms with Gasteiger partial charge in [0.2, 0.25) is 18.6 Å². The number of carbonyl (C=O) groups excluding carboxylic acids is 2. The Labute approximate surface area is 174 Å². The second-order valence-electron chi connectivity index (χ2n) is 7.24.